The number of allylic oxidation sites excluding steroid dienone is 2. The molecule has 0 bridgehead atoms. The van der Waals surface area contributed by atoms with Crippen LogP contribution in [0.2, 0.25) is 0 Å². The van der Waals surface area contributed by atoms with Crippen LogP contribution in [-0.4, -0.2) is 44.3 Å². The van der Waals surface area contributed by atoms with Gasteiger partial charge in [0.05, 0.1) is 16.6 Å². The Bertz CT molecular complexity index is 1170. The quantitative estimate of drug-likeness (QED) is 0.0525. The predicted molar refractivity (Wildman–Crippen MR) is 237 cm³/mol. The highest BCUT2D eigenvalue weighted by Crippen LogP contribution is 2.51. The van der Waals surface area contributed by atoms with Crippen molar-refractivity contribution in [1.29, 1.82) is 0 Å². The minimum absolute atomic E-state index is 0.215. The normalized spacial score (nSPS) is 14.3. The molecule has 0 atom stereocenters. The molecule has 0 saturated carbocycles. The number of benzene rings is 1. The van der Waals surface area contributed by atoms with Gasteiger partial charge in [-0.2, -0.15) is 0 Å². The van der Waals surface area contributed by atoms with E-state index in [0.29, 0.717) is 35.0 Å². The van der Waals surface area contributed by atoms with Crippen molar-refractivity contribution in [2.24, 2.45) is 0 Å². The van der Waals surface area contributed by atoms with Crippen LogP contribution in [0.3, 0.4) is 0 Å². The average molecular weight is 880 g/mol. The number of aliphatic carboxylic acids is 2. The van der Waals surface area contributed by atoms with Crippen LogP contribution in [0.25, 0.3) is 0 Å². The summed E-state index contributed by atoms with van der Waals surface area (Å²) in [7, 11) is 0. The Morgan fingerprint density at radius 1 is 0.500 bits per heavy atom. The minimum Gasteiger partial charge on any atom is -0.478 e. The molecule has 1 aromatic carbocycles. The van der Waals surface area contributed by atoms with E-state index in [9.17, 15) is 19.8 Å². The van der Waals surface area contributed by atoms with Gasteiger partial charge in [-0.25, -0.2) is 9.59 Å². The summed E-state index contributed by atoms with van der Waals surface area (Å²) in [5, 5.41) is 22.7. The Labute approximate surface area is 347 Å². The highest BCUT2D eigenvalue weighted by atomic mass is 79.9. The largest absolute Gasteiger partial charge is 0.478 e. The first-order chi connectivity index (χ1) is 26.4. The summed E-state index contributed by atoms with van der Waals surface area (Å²) < 4.78 is 0. The number of nitrogens with zero attached hydrogens (tertiary/aromatic N) is 1. The molecule has 5 nitrogen and oxygen atoms in total. The van der Waals surface area contributed by atoms with E-state index in [2.05, 4.69) is 45.7 Å². The van der Waals surface area contributed by atoms with Gasteiger partial charge in [-0.1, -0.05) is 249 Å². The number of carboxylic acid groups (broad SMARTS) is 2. The van der Waals surface area contributed by atoms with Crippen molar-refractivity contribution in [3.63, 3.8) is 0 Å². The van der Waals surface area contributed by atoms with Crippen molar-refractivity contribution < 1.29 is 19.8 Å². The van der Waals surface area contributed by atoms with Crippen LogP contribution in [0, 0.1) is 0 Å². The Morgan fingerprint density at radius 3 is 1.13 bits per heavy atom. The molecule has 1 heterocycles. The summed E-state index contributed by atoms with van der Waals surface area (Å²) in [5.74, 6) is -2.06. The number of hydrogen-bond acceptors (Lipinski definition) is 3. The molecular formula is C47H77Br2NO4. The predicted octanol–water partition coefficient (Wildman–Crippen LogP) is 15.1. The second-order valence-corrected chi connectivity index (χ2v) is 17.0. The SMILES string of the molecule is CCCCCCCCCCCCCCCCN1C(CBr)=C(C(=O)O)C(CCCCCCCCCCCCCCCC)(c2ccccc2)C(C(=O)O)=C1CBr. The Morgan fingerprint density at radius 2 is 0.815 bits per heavy atom. The second-order valence-electron chi connectivity index (χ2n) is 15.9. The second kappa shape index (κ2) is 30.5. The molecule has 2 N–H and O–H groups in total. The third-order valence-corrected chi connectivity index (χ3v) is 12.7. The third kappa shape index (κ3) is 16.9. The molecule has 0 radical (unpaired) electrons. The van der Waals surface area contributed by atoms with Gasteiger partial charge in [-0.3, -0.25) is 0 Å². The van der Waals surface area contributed by atoms with E-state index in [-0.39, 0.29) is 11.1 Å². The number of halogens is 2. The Kier molecular flexibility index (Phi) is 27.4. The fourth-order valence-corrected chi connectivity index (χ4v) is 9.83. The topological polar surface area (TPSA) is 77.8 Å². The van der Waals surface area contributed by atoms with Crippen molar-refractivity contribution in [2.75, 3.05) is 17.2 Å². The van der Waals surface area contributed by atoms with Crippen molar-refractivity contribution in [3.8, 4) is 0 Å². The fraction of sp³-hybridized carbons (Fsp3) is 0.745. The summed E-state index contributed by atoms with van der Waals surface area (Å²) in [5.41, 5.74) is 1.31. The van der Waals surface area contributed by atoms with E-state index >= 15 is 0 Å². The first-order valence-electron chi connectivity index (χ1n) is 22.3. The van der Waals surface area contributed by atoms with Gasteiger partial charge in [0, 0.05) is 28.6 Å². The smallest absolute Gasteiger partial charge is 0.334 e. The summed E-state index contributed by atoms with van der Waals surface area (Å²) >= 11 is 7.36. The molecule has 0 aliphatic carbocycles. The van der Waals surface area contributed by atoms with Gasteiger partial charge in [0.1, 0.15) is 0 Å². The lowest BCUT2D eigenvalue weighted by Crippen LogP contribution is -2.47. The van der Waals surface area contributed by atoms with Crippen LogP contribution in [0.1, 0.15) is 206 Å². The number of alkyl halides is 2. The molecule has 308 valence electrons. The molecule has 2 rings (SSSR count). The van der Waals surface area contributed by atoms with Gasteiger partial charge in [0.15, 0.2) is 0 Å². The van der Waals surface area contributed by atoms with Crippen molar-refractivity contribution >= 4 is 43.8 Å². The molecule has 1 aromatic rings. The van der Waals surface area contributed by atoms with Crippen molar-refractivity contribution in [2.45, 2.75) is 205 Å². The number of rotatable bonds is 35. The first-order valence-corrected chi connectivity index (χ1v) is 24.5. The van der Waals surface area contributed by atoms with Gasteiger partial charge < -0.3 is 15.1 Å². The molecule has 0 fully saturated rings. The minimum atomic E-state index is -1.24. The summed E-state index contributed by atoms with van der Waals surface area (Å²) in [4.78, 5) is 28.9. The summed E-state index contributed by atoms with van der Waals surface area (Å²) in [6.45, 7) is 5.14. The molecule has 54 heavy (non-hydrogen) atoms. The number of unbranched alkanes of at least 4 members (excludes halogenated alkanes) is 26. The first kappa shape index (κ1) is 48.5. The molecule has 7 heteroatoms. The zero-order valence-electron chi connectivity index (χ0n) is 34.4. The van der Waals surface area contributed by atoms with Gasteiger partial charge in [-0.15, -0.1) is 0 Å². The molecule has 0 amide bonds. The maximum absolute atomic E-state index is 13.4. The molecular weight excluding hydrogens is 802 g/mol. The van der Waals surface area contributed by atoms with Gasteiger partial charge in [0.2, 0.25) is 0 Å². The molecule has 0 saturated heterocycles. The molecule has 1 aliphatic rings. The third-order valence-electron chi connectivity index (χ3n) is 11.7. The van der Waals surface area contributed by atoms with Crippen LogP contribution in [0.4, 0.5) is 0 Å². The van der Waals surface area contributed by atoms with Gasteiger partial charge >= 0.3 is 11.9 Å². The summed E-state index contributed by atoms with van der Waals surface area (Å²) in [6.07, 6.45) is 35.5. The highest BCUT2D eigenvalue weighted by molar-refractivity contribution is 9.09. The Hall–Kier alpha value is -1.60. The van der Waals surface area contributed by atoms with E-state index in [1.165, 1.54) is 141 Å². The fourth-order valence-electron chi connectivity index (χ4n) is 8.67. The van der Waals surface area contributed by atoms with Crippen LogP contribution < -0.4 is 0 Å². The number of carbonyl (C=O) groups is 2. The van der Waals surface area contributed by atoms with E-state index in [1.54, 1.807) is 0 Å². The zero-order valence-corrected chi connectivity index (χ0v) is 37.6. The maximum Gasteiger partial charge on any atom is 0.334 e. The lowest BCUT2D eigenvalue weighted by molar-refractivity contribution is -0.134. The lowest BCUT2D eigenvalue weighted by atomic mass is 9.62. The molecule has 1 aliphatic heterocycles. The van der Waals surface area contributed by atoms with E-state index in [1.807, 2.05) is 35.2 Å². The van der Waals surface area contributed by atoms with Crippen molar-refractivity contribution in [1.82, 2.24) is 4.90 Å². The van der Waals surface area contributed by atoms with Gasteiger partial charge in [-0.05, 0) is 18.4 Å². The zero-order chi connectivity index (χ0) is 39.3. The van der Waals surface area contributed by atoms with Crippen LogP contribution in [0.5, 0.6) is 0 Å². The number of carboxylic acids is 2. The standard InChI is InChI=1S/C47H77Br2NO4/c1-3-5-7-9-11-13-15-17-19-21-23-25-27-32-36-47(40-34-30-29-31-35-40)43(45(51)52)41(38-48)50(42(39-49)44(47)46(53)54)37-33-28-26-24-22-20-18-16-14-12-10-8-6-4-2/h29-31,34-35H,3-28,32-33,36-39H2,1-2H3,(H,51,52)(H,53,54). The van der Waals surface area contributed by atoms with Crippen LogP contribution >= 0.6 is 31.9 Å². The summed E-state index contributed by atoms with van der Waals surface area (Å²) in [6, 6.07) is 9.58. The maximum atomic E-state index is 13.4. The highest BCUT2D eigenvalue weighted by Gasteiger charge is 2.52. The molecule has 0 aromatic heterocycles. The Balaban J connectivity index is 2.06. The van der Waals surface area contributed by atoms with E-state index in [0.717, 1.165) is 44.1 Å². The molecule has 0 unspecified atom stereocenters. The van der Waals surface area contributed by atoms with Gasteiger partial charge in [0.25, 0.3) is 0 Å². The van der Waals surface area contributed by atoms with Crippen molar-refractivity contribution in [3.05, 3.63) is 58.4 Å². The van der Waals surface area contributed by atoms with Crippen LogP contribution in [0.15, 0.2) is 52.9 Å². The van der Waals surface area contributed by atoms with E-state index < -0.39 is 17.4 Å². The average Bonchev–Trinajstić information content (AvgIpc) is 3.17. The lowest BCUT2D eigenvalue weighted by Gasteiger charge is -2.46. The monoisotopic (exact) mass is 877 g/mol. The molecule has 0 spiro atoms. The number of hydrogen-bond donors (Lipinski definition) is 2. The van der Waals surface area contributed by atoms with Crippen LogP contribution in [-0.2, 0) is 15.0 Å². The van der Waals surface area contributed by atoms with E-state index in [4.69, 9.17) is 0 Å².